The molecule has 0 aliphatic carbocycles. The maximum absolute atomic E-state index is 12.6. The van der Waals surface area contributed by atoms with Gasteiger partial charge in [-0.15, -0.1) is 0 Å². The fraction of sp³-hybridized carbons (Fsp3) is 0.536. The maximum atomic E-state index is 12.6. The molecule has 1 aliphatic rings. The molecule has 1 heterocycles. The Kier molecular flexibility index (Phi) is 8.72. The fourth-order valence-corrected chi connectivity index (χ4v) is 5.02. The number of likely N-dealkylation sites (N-methyl/N-ethyl adjacent to an activating group) is 1. The minimum absolute atomic E-state index is 0.0257. The fourth-order valence-electron chi connectivity index (χ4n) is 4.67. The van der Waals surface area contributed by atoms with Gasteiger partial charge in [0.25, 0.3) is 10.1 Å². The van der Waals surface area contributed by atoms with E-state index in [9.17, 15) is 13.2 Å². The van der Waals surface area contributed by atoms with Crippen molar-refractivity contribution in [1.29, 1.82) is 0 Å². The molecule has 7 nitrogen and oxygen atoms in total. The molecule has 1 aliphatic heterocycles. The zero-order valence-electron chi connectivity index (χ0n) is 22.6. The first-order valence-electron chi connectivity index (χ1n) is 12.6. The monoisotopic (exact) mass is 516 g/mol. The third kappa shape index (κ3) is 7.23. The van der Waals surface area contributed by atoms with Gasteiger partial charge in [0.1, 0.15) is 5.60 Å². The summed E-state index contributed by atoms with van der Waals surface area (Å²) in [6.07, 6.45) is 2.62. The minimum atomic E-state index is -3.48. The molecule has 0 N–H and O–H groups in total. The van der Waals surface area contributed by atoms with Gasteiger partial charge in [-0.1, -0.05) is 37.3 Å². The van der Waals surface area contributed by atoms with Crippen molar-refractivity contribution >= 4 is 21.9 Å². The Morgan fingerprint density at radius 2 is 1.78 bits per heavy atom. The van der Waals surface area contributed by atoms with Gasteiger partial charge < -0.3 is 14.5 Å². The van der Waals surface area contributed by atoms with Crippen LogP contribution in [0.4, 0.5) is 10.5 Å². The molecule has 0 bridgehead atoms. The van der Waals surface area contributed by atoms with Gasteiger partial charge in [0.15, 0.2) is 0 Å². The second-order valence-electron chi connectivity index (χ2n) is 10.5. The number of hydrogen-bond acceptors (Lipinski definition) is 6. The lowest BCUT2D eigenvalue weighted by molar-refractivity contribution is 0.0292. The maximum Gasteiger partial charge on any atom is 0.410 e. The van der Waals surface area contributed by atoms with E-state index in [0.717, 1.165) is 42.3 Å². The number of amides is 1. The Bertz CT molecular complexity index is 1170. The molecule has 8 heteroatoms. The van der Waals surface area contributed by atoms with Crippen LogP contribution in [0.2, 0.25) is 0 Å². The lowest BCUT2D eigenvalue weighted by Crippen LogP contribution is -2.41. The van der Waals surface area contributed by atoms with E-state index in [-0.39, 0.29) is 18.7 Å². The van der Waals surface area contributed by atoms with E-state index in [1.165, 1.54) is 16.8 Å². The van der Waals surface area contributed by atoms with E-state index < -0.39 is 15.7 Å². The first-order chi connectivity index (χ1) is 16.8. The van der Waals surface area contributed by atoms with Gasteiger partial charge in [-0.05, 0) is 81.3 Å². The summed E-state index contributed by atoms with van der Waals surface area (Å²) >= 11 is 0. The summed E-state index contributed by atoms with van der Waals surface area (Å²) < 4.78 is 33.1. The zero-order valence-corrected chi connectivity index (χ0v) is 23.4. The highest BCUT2D eigenvalue weighted by molar-refractivity contribution is 7.85. The highest BCUT2D eigenvalue weighted by Gasteiger charge is 2.33. The highest BCUT2D eigenvalue weighted by Crippen LogP contribution is 2.34. The molecular weight excluding hydrogens is 476 g/mol. The minimum Gasteiger partial charge on any atom is -0.444 e. The molecule has 2 aromatic carbocycles. The molecule has 0 aromatic heterocycles. The lowest BCUT2D eigenvalue weighted by atomic mass is 9.95. The molecule has 0 radical (unpaired) electrons. The lowest BCUT2D eigenvalue weighted by Gasteiger charge is -2.33. The van der Waals surface area contributed by atoms with E-state index in [2.05, 4.69) is 37.8 Å². The normalized spacial score (nSPS) is 16.3. The molecule has 2 aromatic rings. The molecule has 1 saturated heterocycles. The van der Waals surface area contributed by atoms with Crippen molar-refractivity contribution in [2.75, 3.05) is 30.8 Å². The first-order valence-corrected chi connectivity index (χ1v) is 14.4. The van der Waals surface area contributed by atoms with Crippen LogP contribution >= 0.6 is 0 Å². The van der Waals surface area contributed by atoms with E-state index in [1.807, 2.05) is 49.9 Å². The van der Waals surface area contributed by atoms with Gasteiger partial charge in [-0.25, -0.2) is 4.79 Å². The number of likely N-dealkylation sites (tertiary alicyclic amines) is 1. The Morgan fingerprint density at radius 1 is 1.11 bits per heavy atom. The van der Waals surface area contributed by atoms with Crippen molar-refractivity contribution < 1.29 is 22.1 Å². The molecule has 1 fully saturated rings. The third-order valence-electron chi connectivity index (χ3n) is 6.50. The number of rotatable bonds is 8. The van der Waals surface area contributed by atoms with E-state index >= 15 is 0 Å². The van der Waals surface area contributed by atoms with Crippen LogP contribution in [0.5, 0.6) is 0 Å². The Morgan fingerprint density at radius 3 is 2.33 bits per heavy atom. The van der Waals surface area contributed by atoms with E-state index in [0.29, 0.717) is 13.1 Å². The largest absolute Gasteiger partial charge is 0.444 e. The average molecular weight is 517 g/mol. The molecule has 36 heavy (non-hydrogen) atoms. The van der Waals surface area contributed by atoms with Crippen LogP contribution in [-0.4, -0.2) is 56.9 Å². The summed E-state index contributed by atoms with van der Waals surface area (Å²) in [5.74, 6) is 0. The predicted octanol–water partition coefficient (Wildman–Crippen LogP) is 5.54. The van der Waals surface area contributed by atoms with Crippen molar-refractivity contribution in [3.8, 4) is 11.1 Å². The second-order valence-corrected chi connectivity index (χ2v) is 12.1. The van der Waals surface area contributed by atoms with Crippen LogP contribution in [0, 0.1) is 6.92 Å². The van der Waals surface area contributed by atoms with Crippen LogP contribution < -0.4 is 4.90 Å². The van der Waals surface area contributed by atoms with Crippen molar-refractivity contribution in [3.05, 3.63) is 53.1 Å². The van der Waals surface area contributed by atoms with Gasteiger partial charge in [-0.3, -0.25) is 4.18 Å². The molecule has 1 atom stereocenters. The van der Waals surface area contributed by atoms with Crippen LogP contribution in [0.25, 0.3) is 11.1 Å². The first kappa shape index (κ1) is 28.0. The molecule has 1 unspecified atom stereocenters. The Labute approximate surface area is 216 Å². The van der Waals surface area contributed by atoms with Crippen LogP contribution in [-0.2, 0) is 32.1 Å². The summed E-state index contributed by atoms with van der Waals surface area (Å²) in [6.45, 7) is 14.4. The van der Waals surface area contributed by atoms with Gasteiger partial charge in [0.2, 0.25) is 0 Å². The summed E-state index contributed by atoms with van der Waals surface area (Å²) in [4.78, 5) is 16.9. The van der Waals surface area contributed by atoms with Gasteiger partial charge in [0.05, 0.1) is 12.9 Å². The highest BCUT2D eigenvalue weighted by atomic mass is 32.2. The number of ether oxygens (including phenoxy) is 1. The SMILES string of the molecule is CCc1cc(-c2ccc(COS(C)(=O)=O)cc2)cc(N(CC)C2CCN(C(=O)OC(C)(C)C)C2)c1C. The zero-order chi connectivity index (χ0) is 26.7. The number of hydrogen-bond donors (Lipinski definition) is 0. The number of benzene rings is 2. The average Bonchev–Trinajstić information content (AvgIpc) is 3.28. The number of aryl methyl sites for hydroxylation is 1. The summed E-state index contributed by atoms with van der Waals surface area (Å²) in [5.41, 5.74) is 6.20. The van der Waals surface area contributed by atoms with Crippen LogP contribution in [0.15, 0.2) is 36.4 Å². The summed E-state index contributed by atoms with van der Waals surface area (Å²) in [6, 6.07) is 12.5. The van der Waals surface area contributed by atoms with E-state index in [4.69, 9.17) is 8.92 Å². The van der Waals surface area contributed by atoms with Crippen LogP contribution in [0.3, 0.4) is 0 Å². The van der Waals surface area contributed by atoms with Crippen LogP contribution in [0.1, 0.15) is 57.7 Å². The topological polar surface area (TPSA) is 76.2 Å². The number of nitrogens with zero attached hydrogens (tertiary/aromatic N) is 2. The number of carbonyl (C=O) groups is 1. The number of carbonyl (C=O) groups excluding carboxylic acids is 1. The molecule has 0 saturated carbocycles. The van der Waals surface area contributed by atoms with Gasteiger partial charge >= 0.3 is 6.09 Å². The predicted molar refractivity (Wildman–Crippen MR) is 145 cm³/mol. The molecule has 0 spiro atoms. The third-order valence-corrected chi connectivity index (χ3v) is 7.05. The Balaban J connectivity index is 1.86. The summed E-state index contributed by atoms with van der Waals surface area (Å²) in [5, 5.41) is 0. The smallest absolute Gasteiger partial charge is 0.410 e. The van der Waals surface area contributed by atoms with E-state index in [1.54, 1.807) is 0 Å². The summed E-state index contributed by atoms with van der Waals surface area (Å²) in [7, 11) is -3.48. The van der Waals surface area contributed by atoms with Crippen molar-refractivity contribution in [1.82, 2.24) is 4.90 Å². The second kappa shape index (κ2) is 11.2. The molecule has 198 valence electrons. The quantitative estimate of drug-likeness (QED) is 0.429. The molecule has 1 amide bonds. The van der Waals surface area contributed by atoms with Gasteiger partial charge in [-0.2, -0.15) is 8.42 Å². The number of anilines is 1. The van der Waals surface area contributed by atoms with Crippen molar-refractivity contribution in [3.63, 3.8) is 0 Å². The Hall–Kier alpha value is -2.58. The molecule has 3 rings (SSSR count). The van der Waals surface area contributed by atoms with Crippen molar-refractivity contribution in [2.24, 2.45) is 0 Å². The van der Waals surface area contributed by atoms with Gasteiger partial charge in [0, 0.05) is 31.4 Å². The standard InChI is InChI=1S/C28H40N2O5S/c1-8-22-16-24(23-12-10-21(11-13-23)19-34-36(7,32)33)17-26(20(22)3)30(9-2)25-14-15-29(18-25)27(31)35-28(4,5)6/h10-13,16-17,25H,8-9,14-15,18-19H2,1-7H3. The molecular formula is C28H40N2O5S. The van der Waals surface area contributed by atoms with Crippen molar-refractivity contribution in [2.45, 2.75) is 72.6 Å².